The molecule has 0 saturated carbocycles. The van der Waals surface area contributed by atoms with Gasteiger partial charge in [0.2, 0.25) is 0 Å². The molecule has 4 heteroatoms. The third-order valence-corrected chi connectivity index (χ3v) is 3.16. The van der Waals surface area contributed by atoms with Crippen LogP contribution in [0.15, 0.2) is 52.8 Å². The largest absolute Gasteiger partial charge is 0.389 e. The van der Waals surface area contributed by atoms with E-state index in [0.29, 0.717) is 0 Å². The Balaban J connectivity index is 2.28. The average molecular weight is 232 g/mol. The molecule has 2 aromatic rings. The SMILES string of the molecule is CC(O)c1cccnc1Sc1ccncc1. The van der Waals surface area contributed by atoms with Crippen LogP contribution in [0.2, 0.25) is 0 Å². The van der Waals surface area contributed by atoms with Crippen molar-refractivity contribution in [1.29, 1.82) is 0 Å². The van der Waals surface area contributed by atoms with E-state index in [-0.39, 0.29) is 0 Å². The maximum atomic E-state index is 9.62. The molecule has 1 N–H and O–H groups in total. The molecular formula is C12H12N2OS. The molecule has 0 saturated heterocycles. The first-order valence-electron chi connectivity index (χ1n) is 4.98. The molecule has 1 atom stereocenters. The van der Waals surface area contributed by atoms with Crippen molar-refractivity contribution in [3.05, 3.63) is 48.4 Å². The van der Waals surface area contributed by atoms with Gasteiger partial charge in [0.1, 0.15) is 5.03 Å². The Bertz CT molecular complexity index is 460. The van der Waals surface area contributed by atoms with E-state index < -0.39 is 6.10 Å². The van der Waals surface area contributed by atoms with Gasteiger partial charge in [-0.25, -0.2) is 4.98 Å². The Morgan fingerprint density at radius 2 is 1.94 bits per heavy atom. The van der Waals surface area contributed by atoms with Crippen LogP contribution in [0, 0.1) is 0 Å². The van der Waals surface area contributed by atoms with Crippen LogP contribution in [-0.4, -0.2) is 15.1 Å². The van der Waals surface area contributed by atoms with Gasteiger partial charge in [-0.3, -0.25) is 4.98 Å². The van der Waals surface area contributed by atoms with Crippen molar-refractivity contribution in [3.8, 4) is 0 Å². The number of aliphatic hydroxyl groups is 1. The second-order valence-electron chi connectivity index (χ2n) is 3.36. The van der Waals surface area contributed by atoms with E-state index in [9.17, 15) is 5.11 Å². The van der Waals surface area contributed by atoms with E-state index in [2.05, 4.69) is 9.97 Å². The Kier molecular flexibility index (Phi) is 3.54. The Hall–Kier alpha value is -1.39. The maximum Gasteiger partial charge on any atom is 0.106 e. The Morgan fingerprint density at radius 3 is 2.62 bits per heavy atom. The van der Waals surface area contributed by atoms with Crippen molar-refractivity contribution in [2.45, 2.75) is 22.9 Å². The van der Waals surface area contributed by atoms with Crippen molar-refractivity contribution in [3.63, 3.8) is 0 Å². The quantitative estimate of drug-likeness (QED) is 0.883. The number of nitrogens with zero attached hydrogens (tertiary/aromatic N) is 2. The summed E-state index contributed by atoms with van der Waals surface area (Å²) in [5.41, 5.74) is 0.851. The van der Waals surface area contributed by atoms with Crippen LogP contribution in [0.5, 0.6) is 0 Å². The van der Waals surface area contributed by atoms with E-state index in [1.165, 1.54) is 11.8 Å². The zero-order valence-corrected chi connectivity index (χ0v) is 9.69. The van der Waals surface area contributed by atoms with E-state index in [1.807, 2.05) is 24.3 Å². The fraction of sp³-hybridized carbons (Fsp3) is 0.167. The molecule has 82 valence electrons. The lowest BCUT2D eigenvalue weighted by Crippen LogP contribution is -1.95. The fourth-order valence-corrected chi connectivity index (χ4v) is 2.28. The van der Waals surface area contributed by atoms with E-state index in [0.717, 1.165) is 15.5 Å². The molecule has 0 radical (unpaired) electrons. The third kappa shape index (κ3) is 2.59. The van der Waals surface area contributed by atoms with Gasteiger partial charge in [-0.2, -0.15) is 0 Å². The normalized spacial score (nSPS) is 12.4. The number of pyridine rings is 2. The van der Waals surface area contributed by atoms with Gasteiger partial charge in [0.15, 0.2) is 0 Å². The standard InChI is InChI=1S/C12H12N2OS/c1-9(15)11-3-2-6-14-12(11)16-10-4-7-13-8-5-10/h2-9,15H,1H3. The summed E-state index contributed by atoms with van der Waals surface area (Å²) in [6.45, 7) is 1.74. The molecular weight excluding hydrogens is 220 g/mol. The van der Waals surface area contributed by atoms with E-state index in [1.54, 1.807) is 25.5 Å². The van der Waals surface area contributed by atoms with Crippen molar-refractivity contribution >= 4 is 11.8 Å². The molecule has 16 heavy (non-hydrogen) atoms. The van der Waals surface area contributed by atoms with Crippen LogP contribution in [0.25, 0.3) is 0 Å². The van der Waals surface area contributed by atoms with Crippen LogP contribution in [0.4, 0.5) is 0 Å². The molecule has 0 aliphatic heterocycles. The summed E-state index contributed by atoms with van der Waals surface area (Å²) in [7, 11) is 0. The Morgan fingerprint density at radius 1 is 1.19 bits per heavy atom. The van der Waals surface area contributed by atoms with Crippen molar-refractivity contribution in [2.75, 3.05) is 0 Å². The van der Waals surface area contributed by atoms with E-state index in [4.69, 9.17) is 0 Å². The first-order valence-corrected chi connectivity index (χ1v) is 5.80. The summed E-state index contributed by atoms with van der Waals surface area (Å²) < 4.78 is 0. The van der Waals surface area contributed by atoms with Gasteiger partial charge >= 0.3 is 0 Å². The lowest BCUT2D eigenvalue weighted by molar-refractivity contribution is 0.195. The molecule has 0 amide bonds. The summed E-state index contributed by atoms with van der Waals surface area (Å²) in [4.78, 5) is 9.30. The minimum atomic E-state index is -0.502. The predicted octanol–water partition coefficient (Wildman–Crippen LogP) is 2.68. The molecule has 0 aromatic carbocycles. The number of hydrogen-bond donors (Lipinski definition) is 1. The van der Waals surface area contributed by atoms with Crippen LogP contribution in [0.3, 0.4) is 0 Å². The summed E-state index contributed by atoms with van der Waals surface area (Å²) >= 11 is 1.53. The van der Waals surface area contributed by atoms with Gasteiger partial charge in [0.25, 0.3) is 0 Å². The van der Waals surface area contributed by atoms with Gasteiger partial charge in [-0.05, 0) is 25.1 Å². The third-order valence-electron chi connectivity index (χ3n) is 2.11. The van der Waals surface area contributed by atoms with Crippen LogP contribution < -0.4 is 0 Å². The minimum Gasteiger partial charge on any atom is -0.389 e. The smallest absolute Gasteiger partial charge is 0.106 e. The minimum absolute atomic E-state index is 0.502. The van der Waals surface area contributed by atoms with Crippen LogP contribution in [-0.2, 0) is 0 Å². The van der Waals surface area contributed by atoms with Gasteiger partial charge in [-0.1, -0.05) is 17.8 Å². The lowest BCUT2D eigenvalue weighted by Gasteiger charge is -2.09. The monoisotopic (exact) mass is 232 g/mol. The first-order chi connectivity index (χ1) is 7.77. The van der Waals surface area contributed by atoms with Gasteiger partial charge in [-0.15, -0.1) is 0 Å². The highest BCUT2D eigenvalue weighted by Crippen LogP contribution is 2.30. The molecule has 3 nitrogen and oxygen atoms in total. The van der Waals surface area contributed by atoms with Gasteiger partial charge < -0.3 is 5.11 Å². The van der Waals surface area contributed by atoms with Gasteiger partial charge in [0.05, 0.1) is 6.10 Å². The number of aliphatic hydroxyl groups excluding tert-OH is 1. The zero-order chi connectivity index (χ0) is 11.4. The fourth-order valence-electron chi connectivity index (χ4n) is 1.32. The molecule has 2 aromatic heterocycles. The first kappa shape index (κ1) is 11.1. The lowest BCUT2D eigenvalue weighted by atomic mass is 10.2. The number of hydrogen-bond acceptors (Lipinski definition) is 4. The van der Waals surface area contributed by atoms with Crippen LogP contribution >= 0.6 is 11.8 Å². The summed E-state index contributed by atoms with van der Waals surface area (Å²) in [5.74, 6) is 0. The van der Waals surface area contributed by atoms with E-state index >= 15 is 0 Å². The highest BCUT2D eigenvalue weighted by Gasteiger charge is 2.09. The number of aromatic nitrogens is 2. The van der Waals surface area contributed by atoms with Gasteiger partial charge in [0, 0.05) is 29.0 Å². The van der Waals surface area contributed by atoms with Crippen molar-refractivity contribution in [1.82, 2.24) is 9.97 Å². The number of rotatable bonds is 3. The molecule has 0 spiro atoms. The second kappa shape index (κ2) is 5.09. The molecule has 2 heterocycles. The highest BCUT2D eigenvalue weighted by molar-refractivity contribution is 7.99. The molecule has 2 rings (SSSR count). The molecule has 0 bridgehead atoms. The predicted molar refractivity (Wildman–Crippen MR) is 63.2 cm³/mol. The second-order valence-corrected chi connectivity index (χ2v) is 4.42. The summed E-state index contributed by atoms with van der Waals surface area (Å²) in [5, 5.41) is 10.5. The van der Waals surface area contributed by atoms with Crippen molar-refractivity contribution in [2.24, 2.45) is 0 Å². The summed E-state index contributed by atoms with van der Waals surface area (Å²) in [6, 6.07) is 7.57. The van der Waals surface area contributed by atoms with Crippen molar-refractivity contribution < 1.29 is 5.11 Å². The topological polar surface area (TPSA) is 46.0 Å². The molecule has 0 aliphatic rings. The molecule has 0 fully saturated rings. The molecule has 0 aliphatic carbocycles. The summed E-state index contributed by atoms with van der Waals surface area (Å²) in [6.07, 6.45) is 4.72. The zero-order valence-electron chi connectivity index (χ0n) is 8.87. The highest BCUT2D eigenvalue weighted by atomic mass is 32.2. The van der Waals surface area contributed by atoms with Crippen LogP contribution in [0.1, 0.15) is 18.6 Å². The maximum absolute atomic E-state index is 9.62. The Labute approximate surface area is 98.6 Å². The molecule has 1 unspecified atom stereocenters. The average Bonchev–Trinajstić information content (AvgIpc) is 2.31.